The number of fused-ring (bicyclic) bond motifs is 1. The molecule has 0 spiro atoms. The van der Waals surface area contributed by atoms with Gasteiger partial charge >= 0.3 is 0 Å². The van der Waals surface area contributed by atoms with E-state index in [1.54, 1.807) is 37.3 Å². The van der Waals surface area contributed by atoms with E-state index in [4.69, 9.17) is 23.2 Å². The molecule has 3 rings (SSSR count). The molecule has 0 bridgehead atoms. The van der Waals surface area contributed by atoms with E-state index in [9.17, 15) is 14.7 Å². The summed E-state index contributed by atoms with van der Waals surface area (Å²) in [6.45, 7) is 5.71. The maximum atomic E-state index is 13.2. The highest BCUT2D eigenvalue weighted by Crippen LogP contribution is 2.35. The van der Waals surface area contributed by atoms with Gasteiger partial charge in [-0.1, -0.05) is 30.1 Å². The maximum Gasteiger partial charge on any atom is 0.262 e. The first-order valence-electron chi connectivity index (χ1n) is 9.35. The van der Waals surface area contributed by atoms with Crippen LogP contribution in [0, 0.1) is 6.92 Å². The van der Waals surface area contributed by atoms with E-state index < -0.39 is 0 Å². The number of carbonyl (C=O) groups excluding carboxylic acids is 2. The molecule has 0 aliphatic heterocycles. The first-order valence-corrected chi connectivity index (χ1v) is 10.1. The number of phenols is 1. The average molecular weight is 433 g/mol. The number of hydrogen-bond acceptors (Lipinski definition) is 3. The number of nitrogens with one attached hydrogen (secondary N) is 1. The normalized spacial score (nSPS) is 12.2. The van der Waals surface area contributed by atoms with Crippen LogP contribution in [-0.2, 0) is 11.2 Å². The Morgan fingerprint density at radius 1 is 1.17 bits per heavy atom. The summed E-state index contributed by atoms with van der Waals surface area (Å²) in [4.78, 5) is 25.7. The minimum Gasteiger partial charge on any atom is -0.506 e. The Balaban J connectivity index is 2.13. The summed E-state index contributed by atoms with van der Waals surface area (Å²) >= 11 is 12.0. The molecule has 2 N–H and O–H groups in total. The fraction of sp³-hybridized carbons (Fsp3) is 0.273. The molecule has 0 fully saturated rings. The van der Waals surface area contributed by atoms with Crippen molar-refractivity contribution in [1.29, 1.82) is 0 Å². The largest absolute Gasteiger partial charge is 0.506 e. The van der Waals surface area contributed by atoms with Crippen LogP contribution >= 0.6 is 23.2 Å². The summed E-state index contributed by atoms with van der Waals surface area (Å²) < 4.78 is 1.52. The van der Waals surface area contributed by atoms with Crippen LogP contribution in [0.5, 0.6) is 5.75 Å². The number of phenolic OH excluding ortho intramolecular Hbond substituents is 1. The van der Waals surface area contributed by atoms with Gasteiger partial charge in [0.25, 0.3) is 5.91 Å². The predicted octanol–water partition coefficient (Wildman–Crippen LogP) is 5.11. The van der Waals surface area contributed by atoms with Gasteiger partial charge in [-0.15, -0.1) is 0 Å². The third kappa shape index (κ3) is 4.26. The van der Waals surface area contributed by atoms with E-state index in [-0.39, 0.29) is 35.0 Å². The van der Waals surface area contributed by atoms with Crippen LogP contribution in [0.25, 0.3) is 10.9 Å². The van der Waals surface area contributed by atoms with Crippen molar-refractivity contribution in [3.8, 4) is 5.75 Å². The number of aromatic hydroxyl groups is 1. The Kier molecular flexibility index (Phi) is 6.20. The van der Waals surface area contributed by atoms with Crippen molar-refractivity contribution in [3.05, 3.63) is 63.3 Å². The van der Waals surface area contributed by atoms with Gasteiger partial charge < -0.3 is 10.4 Å². The van der Waals surface area contributed by atoms with Gasteiger partial charge in [-0.2, -0.15) is 0 Å². The van der Waals surface area contributed by atoms with Crippen molar-refractivity contribution in [3.63, 3.8) is 0 Å². The smallest absolute Gasteiger partial charge is 0.262 e. The molecule has 152 valence electrons. The molecule has 1 heterocycles. The molecule has 0 saturated heterocycles. The zero-order valence-corrected chi connectivity index (χ0v) is 17.9. The molecule has 2 aromatic carbocycles. The summed E-state index contributed by atoms with van der Waals surface area (Å²) in [6.07, 6.45) is 0.909. The molecule has 1 aromatic heterocycles. The number of aromatic nitrogens is 1. The van der Waals surface area contributed by atoms with Gasteiger partial charge in [-0.05, 0) is 62.2 Å². The topological polar surface area (TPSA) is 71.3 Å². The highest BCUT2D eigenvalue weighted by molar-refractivity contribution is 6.33. The van der Waals surface area contributed by atoms with Crippen LogP contribution in [0.1, 0.15) is 41.9 Å². The number of halogens is 2. The second-order valence-electron chi connectivity index (χ2n) is 7.09. The monoisotopic (exact) mass is 432 g/mol. The Morgan fingerprint density at radius 2 is 1.83 bits per heavy atom. The third-order valence-corrected chi connectivity index (χ3v) is 5.61. The van der Waals surface area contributed by atoms with Crippen molar-refractivity contribution >= 4 is 45.9 Å². The van der Waals surface area contributed by atoms with Gasteiger partial charge in [0.1, 0.15) is 5.75 Å². The van der Waals surface area contributed by atoms with Gasteiger partial charge in [-0.25, -0.2) is 0 Å². The second kappa shape index (κ2) is 8.47. The maximum absolute atomic E-state index is 13.2. The molecule has 0 aliphatic carbocycles. The first kappa shape index (κ1) is 21.2. The molecule has 0 saturated carbocycles. The van der Waals surface area contributed by atoms with E-state index in [0.29, 0.717) is 32.7 Å². The molecule has 1 unspecified atom stereocenters. The van der Waals surface area contributed by atoms with Crippen molar-refractivity contribution in [2.24, 2.45) is 0 Å². The van der Waals surface area contributed by atoms with Gasteiger partial charge in [0.05, 0.1) is 17.0 Å². The fourth-order valence-electron chi connectivity index (χ4n) is 3.28. The van der Waals surface area contributed by atoms with Gasteiger partial charge in [0, 0.05) is 27.7 Å². The van der Waals surface area contributed by atoms with Gasteiger partial charge in [-0.3, -0.25) is 14.2 Å². The minimum absolute atomic E-state index is 0.0507. The van der Waals surface area contributed by atoms with Gasteiger partial charge in [0.15, 0.2) is 0 Å². The van der Waals surface area contributed by atoms with Crippen molar-refractivity contribution < 1.29 is 14.7 Å². The van der Waals surface area contributed by atoms with Crippen LogP contribution in [0.3, 0.4) is 0 Å². The minimum atomic E-state index is -0.264. The van der Waals surface area contributed by atoms with Crippen LogP contribution in [0.15, 0.2) is 36.4 Å². The second-order valence-corrected chi connectivity index (χ2v) is 7.93. The van der Waals surface area contributed by atoms with Crippen LogP contribution in [0.2, 0.25) is 10.0 Å². The SMILES string of the molecule is CCC(C)NC(=O)Cc1c(C)n(C(=O)c2ccc(Cl)cc2)c2cc(Cl)c(O)cc12. The number of carbonyl (C=O) groups is 2. The van der Waals surface area contributed by atoms with E-state index in [1.807, 2.05) is 13.8 Å². The molecule has 0 radical (unpaired) electrons. The van der Waals surface area contributed by atoms with E-state index >= 15 is 0 Å². The summed E-state index contributed by atoms with van der Waals surface area (Å²) in [5, 5.41) is 14.3. The summed E-state index contributed by atoms with van der Waals surface area (Å²) in [5.41, 5.74) is 2.29. The molecule has 5 nitrogen and oxygen atoms in total. The van der Waals surface area contributed by atoms with Crippen molar-refractivity contribution in [2.75, 3.05) is 0 Å². The lowest BCUT2D eigenvalue weighted by molar-refractivity contribution is -0.121. The molecular formula is C22H22Cl2N2O3. The third-order valence-electron chi connectivity index (χ3n) is 5.05. The quantitative estimate of drug-likeness (QED) is 0.588. The number of amides is 1. The summed E-state index contributed by atoms with van der Waals surface area (Å²) in [6, 6.07) is 9.69. The summed E-state index contributed by atoms with van der Waals surface area (Å²) in [5.74, 6) is -0.506. The molecule has 29 heavy (non-hydrogen) atoms. The zero-order valence-electron chi connectivity index (χ0n) is 16.4. The standard InChI is InChI=1S/C22H22Cl2N2O3/c1-4-12(2)25-21(28)10-16-13(3)26(19-11-18(24)20(27)9-17(16)19)22(29)14-5-7-15(23)8-6-14/h5-9,11-12,27H,4,10H2,1-3H3,(H,25,28). The zero-order chi connectivity index (χ0) is 21.3. The fourth-order valence-corrected chi connectivity index (χ4v) is 3.57. The number of hydrogen-bond donors (Lipinski definition) is 2. The molecule has 3 aromatic rings. The highest BCUT2D eigenvalue weighted by Gasteiger charge is 2.23. The Hall–Kier alpha value is -2.50. The molecule has 1 atom stereocenters. The highest BCUT2D eigenvalue weighted by atomic mass is 35.5. The van der Waals surface area contributed by atoms with Crippen LogP contribution in [-0.4, -0.2) is 27.5 Å². The lowest BCUT2D eigenvalue weighted by atomic mass is 10.1. The average Bonchev–Trinajstić information content (AvgIpc) is 2.93. The molecule has 0 aliphatic rings. The van der Waals surface area contributed by atoms with Crippen LogP contribution < -0.4 is 5.32 Å². The van der Waals surface area contributed by atoms with Crippen LogP contribution in [0.4, 0.5) is 0 Å². The predicted molar refractivity (Wildman–Crippen MR) is 116 cm³/mol. The van der Waals surface area contributed by atoms with E-state index in [0.717, 1.165) is 6.42 Å². The number of benzene rings is 2. The Bertz CT molecular complexity index is 1090. The number of rotatable bonds is 5. The Labute approximate surface area is 179 Å². The molecule has 7 heteroatoms. The lowest BCUT2D eigenvalue weighted by Crippen LogP contribution is -2.33. The lowest BCUT2D eigenvalue weighted by Gasteiger charge is -2.12. The van der Waals surface area contributed by atoms with Crippen molar-refractivity contribution in [2.45, 2.75) is 39.7 Å². The summed E-state index contributed by atoms with van der Waals surface area (Å²) in [7, 11) is 0. The Morgan fingerprint density at radius 3 is 2.45 bits per heavy atom. The van der Waals surface area contributed by atoms with E-state index in [1.165, 1.54) is 10.6 Å². The number of nitrogens with zero attached hydrogens (tertiary/aromatic N) is 1. The van der Waals surface area contributed by atoms with Crippen molar-refractivity contribution in [1.82, 2.24) is 9.88 Å². The van der Waals surface area contributed by atoms with E-state index in [2.05, 4.69) is 5.32 Å². The first-order chi connectivity index (χ1) is 13.7. The molecular weight excluding hydrogens is 411 g/mol. The van der Waals surface area contributed by atoms with Gasteiger partial charge in [0.2, 0.25) is 5.91 Å². The molecule has 1 amide bonds.